The molecule has 2 unspecified atom stereocenters. The molecule has 0 radical (unpaired) electrons. The summed E-state index contributed by atoms with van der Waals surface area (Å²) >= 11 is 6.70. The highest BCUT2D eigenvalue weighted by atomic mass is 35.5. The van der Waals surface area contributed by atoms with Crippen LogP contribution < -0.4 is 4.90 Å². The number of nitrogens with one attached hydrogen (secondary N) is 1. The molecule has 2 saturated heterocycles. The summed E-state index contributed by atoms with van der Waals surface area (Å²) in [7, 11) is 0. The summed E-state index contributed by atoms with van der Waals surface area (Å²) in [4.78, 5) is 43.9. The van der Waals surface area contributed by atoms with Crippen molar-refractivity contribution in [1.29, 1.82) is 0 Å². The third-order valence-electron chi connectivity index (χ3n) is 6.55. The number of likely N-dealkylation sites (N-methyl/N-ethyl adjacent to an activating group) is 1. The largest absolute Gasteiger partial charge is 0.478 e. The van der Waals surface area contributed by atoms with Gasteiger partial charge in [-0.1, -0.05) is 25.4 Å². The van der Waals surface area contributed by atoms with E-state index in [2.05, 4.69) is 35.6 Å². The first-order chi connectivity index (χ1) is 17.1. The Hall–Kier alpha value is -2.95. The number of hydrogen-bond donors (Lipinski definition) is 3. The smallest absolute Gasteiger partial charge is 0.328 e. The molecule has 2 aliphatic heterocycles. The fraction of sp³-hybridized carbons (Fsp3) is 0.520. The maximum Gasteiger partial charge on any atom is 0.328 e. The van der Waals surface area contributed by atoms with Gasteiger partial charge in [0.15, 0.2) is 6.29 Å². The highest BCUT2D eigenvalue weighted by Crippen LogP contribution is 2.38. The van der Waals surface area contributed by atoms with Crippen molar-refractivity contribution in [2.45, 2.75) is 45.8 Å². The Balaban J connectivity index is 0.000000392. The second-order valence-electron chi connectivity index (χ2n) is 9.19. The summed E-state index contributed by atoms with van der Waals surface area (Å²) in [6.07, 6.45) is 3.91. The number of carboxylic acids is 2. The molecule has 0 saturated carbocycles. The Morgan fingerprint density at radius 1 is 1.25 bits per heavy atom. The first kappa shape index (κ1) is 27.6. The molecule has 2 aliphatic rings. The van der Waals surface area contributed by atoms with Crippen LogP contribution in [-0.2, 0) is 14.3 Å². The standard InChI is InChI=1S/C21H29ClN4O2.C4H4O4/c1-4-25-6-7-26(14(3)11-25)17-10-16-20(15(12-27)19(17)22)24-21(23-16)18-9-13(2)5-8-28-18;5-3(6)1-2-4(7)8/h10,12-14,18H,4-9,11H2,1-3H3,(H,23,24);1-2H,(H,5,6)(H,7,8)/b;2-1+/t13?,14-,18?;/m1./s1. The predicted octanol–water partition coefficient (Wildman–Crippen LogP) is 3.76. The third-order valence-corrected chi connectivity index (χ3v) is 6.95. The maximum atomic E-state index is 11.9. The lowest BCUT2D eigenvalue weighted by molar-refractivity contribution is -0.134. The molecule has 4 rings (SSSR count). The van der Waals surface area contributed by atoms with E-state index in [1.807, 2.05) is 6.07 Å². The Morgan fingerprint density at radius 2 is 1.94 bits per heavy atom. The summed E-state index contributed by atoms with van der Waals surface area (Å²) < 4.78 is 5.92. The SMILES string of the molecule is CCN1CCN(c2cc3[nH]c(C4CC(C)CCO4)nc3c(C=O)c2Cl)[C@H](C)C1.O=C(O)/C=C/C(=O)O. The first-order valence-corrected chi connectivity index (χ1v) is 12.4. The molecule has 0 spiro atoms. The third kappa shape index (κ3) is 6.63. The van der Waals surface area contributed by atoms with Crippen molar-refractivity contribution in [2.75, 3.05) is 37.7 Å². The van der Waals surface area contributed by atoms with Crippen molar-refractivity contribution in [3.8, 4) is 0 Å². The lowest BCUT2D eigenvalue weighted by Crippen LogP contribution is -2.52. The van der Waals surface area contributed by atoms with Gasteiger partial charge in [-0.3, -0.25) is 9.69 Å². The maximum absolute atomic E-state index is 11.9. The molecule has 3 N–H and O–H groups in total. The summed E-state index contributed by atoms with van der Waals surface area (Å²) in [5.74, 6) is -1.12. The fourth-order valence-electron chi connectivity index (χ4n) is 4.60. The number of piperazine rings is 1. The lowest BCUT2D eigenvalue weighted by atomic mass is 9.97. The van der Waals surface area contributed by atoms with Crippen LogP contribution in [0.25, 0.3) is 11.0 Å². The second-order valence-corrected chi connectivity index (χ2v) is 9.57. The Labute approximate surface area is 214 Å². The zero-order valence-electron chi connectivity index (χ0n) is 20.7. The van der Waals surface area contributed by atoms with Gasteiger partial charge in [0.1, 0.15) is 17.4 Å². The minimum absolute atomic E-state index is 0.0510. The minimum atomic E-state index is -1.26. The first-order valence-electron chi connectivity index (χ1n) is 12.1. The van der Waals surface area contributed by atoms with Gasteiger partial charge in [-0.2, -0.15) is 0 Å². The van der Waals surface area contributed by atoms with Crippen LogP contribution in [0.1, 0.15) is 55.9 Å². The molecule has 3 atom stereocenters. The van der Waals surface area contributed by atoms with Gasteiger partial charge in [-0.15, -0.1) is 0 Å². The normalized spacial score (nSPS) is 22.9. The summed E-state index contributed by atoms with van der Waals surface area (Å²) in [5, 5.41) is 16.1. The molecule has 2 aromatic rings. The van der Waals surface area contributed by atoms with E-state index >= 15 is 0 Å². The lowest BCUT2D eigenvalue weighted by Gasteiger charge is -2.41. The Kier molecular flexibility index (Phi) is 9.47. The van der Waals surface area contributed by atoms with Gasteiger partial charge in [0.25, 0.3) is 0 Å². The van der Waals surface area contributed by atoms with Gasteiger partial charge in [-0.25, -0.2) is 14.6 Å². The number of fused-ring (bicyclic) bond motifs is 1. The molecule has 11 heteroatoms. The molecular weight excluding hydrogens is 488 g/mol. The minimum Gasteiger partial charge on any atom is -0.478 e. The number of ether oxygens (including phenoxy) is 1. The van der Waals surface area contributed by atoms with Crippen molar-refractivity contribution in [3.63, 3.8) is 0 Å². The number of hydrogen-bond acceptors (Lipinski definition) is 7. The van der Waals surface area contributed by atoms with E-state index in [4.69, 9.17) is 31.5 Å². The van der Waals surface area contributed by atoms with Crippen LogP contribution in [0.3, 0.4) is 0 Å². The van der Waals surface area contributed by atoms with Crippen molar-refractivity contribution in [3.05, 3.63) is 34.6 Å². The van der Waals surface area contributed by atoms with Crippen LogP contribution in [-0.4, -0.2) is 82.1 Å². The number of aromatic nitrogens is 2. The summed E-state index contributed by atoms with van der Waals surface area (Å²) in [5.41, 5.74) is 2.86. The summed E-state index contributed by atoms with van der Waals surface area (Å²) in [6.45, 7) is 11.3. The number of H-pyrrole nitrogens is 1. The average Bonchev–Trinajstić information content (AvgIpc) is 3.27. The molecule has 2 fully saturated rings. The molecule has 1 aromatic heterocycles. The number of anilines is 1. The number of carboxylic acid groups (broad SMARTS) is 2. The van der Waals surface area contributed by atoms with Crippen LogP contribution in [0.4, 0.5) is 5.69 Å². The number of halogens is 1. The van der Waals surface area contributed by atoms with Gasteiger partial charge in [-0.05, 0) is 38.3 Å². The second kappa shape index (κ2) is 12.3. The number of aromatic amines is 1. The van der Waals surface area contributed by atoms with Gasteiger partial charge >= 0.3 is 11.9 Å². The van der Waals surface area contributed by atoms with E-state index in [0.29, 0.717) is 40.2 Å². The molecule has 1 aromatic carbocycles. The number of carbonyl (C=O) groups is 3. The van der Waals surface area contributed by atoms with Gasteiger partial charge in [0.05, 0.1) is 21.8 Å². The predicted molar refractivity (Wildman–Crippen MR) is 137 cm³/mol. The van der Waals surface area contributed by atoms with Gasteiger partial charge < -0.3 is 24.8 Å². The zero-order chi connectivity index (χ0) is 26.4. The topological polar surface area (TPSA) is 136 Å². The number of nitrogens with zero attached hydrogens (tertiary/aromatic N) is 3. The monoisotopic (exact) mass is 520 g/mol. The van der Waals surface area contributed by atoms with E-state index in [0.717, 1.165) is 68.9 Å². The van der Waals surface area contributed by atoms with Crippen molar-refractivity contribution >= 4 is 46.5 Å². The number of aldehydes is 1. The van der Waals surface area contributed by atoms with E-state index in [1.54, 1.807) is 0 Å². The molecule has 196 valence electrons. The highest BCUT2D eigenvalue weighted by Gasteiger charge is 2.29. The quantitative estimate of drug-likeness (QED) is 0.384. The molecule has 0 bridgehead atoms. The highest BCUT2D eigenvalue weighted by molar-refractivity contribution is 6.37. The number of imidazole rings is 1. The molecule has 0 aliphatic carbocycles. The molecule has 10 nitrogen and oxygen atoms in total. The van der Waals surface area contributed by atoms with Crippen molar-refractivity contribution in [1.82, 2.24) is 14.9 Å². The van der Waals surface area contributed by atoms with Crippen LogP contribution in [0, 0.1) is 5.92 Å². The van der Waals surface area contributed by atoms with Crippen LogP contribution in [0.5, 0.6) is 0 Å². The van der Waals surface area contributed by atoms with Crippen molar-refractivity contribution < 1.29 is 29.3 Å². The van der Waals surface area contributed by atoms with Crippen molar-refractivity contribution in [2.24, 2.45) is 5.92 Å². The fourth-order valence-corrected chi connectivity index (χ4v) is 4.90. The van der Waals surface area contributed by atoms with E-state index < -0.39 is 11.9 Å². The van der Waals surface area contributed by atoms with Gasteiger partial charge in [0, 0.05) is 44.4 Å². The number of benzene rings is 1. The number of aliphatic carboxylic acids is 2. The molecule has 0 amide bonds. The Morgan fingerprint density at radius 3 is 2.50 bits per heavy atom. The number of rotatable bonds is 6. The van der Waals surface area contributed by atoms with Crippen LogP contribution in [0.15, 0.2) is 18.2 Å². The van der Waals surface area contributed by atoms with E-state index in [9.17, 15) is 14.4 Å². The number of carbonyl (C=O) groups excluding carboxylic acids is 1. The van der Waals surface area contributed by atoms with Crippen LogP contribution >= 0.6 is 11.6 Å². The zero-order valence-corrected chi connectivity index (χ0v) is 21.5. The molecule has 36 heavy (non-hydrogen) atoms. The van der Waals surface area contributed by atoms with E-state index in [-0.39, 0.29) is 6.10 Å². The molecule has 3 heterocycles. The van der Waals surface area contributed by atoms with Gasteiger partial charge in [0.2, 0.25) is 0 Å². The molecular formula is C25H33ClN4O6. The Bertz CT molecular complexity index is 1120. The summed E-state index contributed by atoms with van der Waals surface area (Å²) in [6, 6.07) is 2.37. The van der Waals surface area contributed by atoms with Crippen LogP contribution in [0.2, 0.25) is 5.02 Å². The van der Waals surface area contributed by atoms with E-state index in [1.165, 1.54) is 0 Å². The average molecular weight is 521 g/mol.